The number of anilines is 1. The molecule has 1 N–H and O–H groups in total. The lowest BCUT2D eigenvalue weighted by Gasteiger charge is -2.39. The Bertz CT molecular complexity index is 755. The molecule has 2 aromatic carbocycles. The Balaban J connectivity index is 2.05. The van der Waals surface area contributed by atoms with E-state index in [1.165, 1.54) is 5.56 Å². The van der Waals surface area contributed by atoms with Crippen LogP contribution in [0.25, 0.3) is 0 Å². The smallest absolute Gasteiger partial charge is 0.320 e. The highest BCUT2D eigenvalue weighted by Gasteiger charge is 2.35. The Hall–Kier alpha value is -2.33. The van der Waals surface area contributed by atoms with Gasteiger partial charge >= 0.3 is 5.97 Å². The summed E-state index contributed by atoms with van der Waals surface area (Å²) in [7, 11) is 4.05. The van der Waals surface area contributed by atoms with Gasteiger partial charge in [0.05, 0.1) is 6.04 Å². The standard InChI is InChI=1S/C22H28N2O2/c1-16-7-6-8-18(15-16)21(17-10-12-19(13-11-17)23(2)3)24-14-5-4-9-20(24)22(25)26/h6-8,10-13,15,20-21H,4-5,9,14H2,1-3H3,(H,25,26). The van der Waals surface area contributed by atoms with E-state index in [0.717, 1.165) is 36.2 Å². The van der Waals surface area contributed by atoms with Crippen molar-refractivity contribution in [2.24, 2.45) is 0 Å². The number of hydrogen-bond donors (Lipinski definition) is 1. The van der Waals surface area contributed by atoms with Gasteiger partial charge in [-0.3, -0.25) is 9.69 Å². The van der Waals surface area contributed by atoms with Crippen LogP contribution >= 0.6 is 0 Å². The number of rotatable bonds is 5. The van der Waals surface area contributed by atoms with Crippen molar-refractivity contribution in [1.29, 1.82) is 0 Å². The van der Waals surface area contributed by atoms with E-state index in [1.807, 2.05) is 14.1 Å². The number of carboxylic acid groups (broad SMARTS) is 1. The van der Waals surface area contributed by atoms with E-state index in [2.05, 4.69) is 65.3 Å². The van der Waals surface area contributed by atoms with Crippen molar-refractivity contribution >= 4 is 11.7 Å². The zero-order valence-electron chi connectivity index (χ0n) is 15.9. The van der Waals surface area contributed by atoms with Crippen molar-refractivity contribution in [3.05, 3.63) is 65.2 Å². The molecule has 0 spiro atoms. The van der Waals surface area contributed by atoms with E-state index in [-0.39, 0.29) is 6.04 Å². The molecule has 2 unspecified atom stereocenters. The minimum Gasteiger partial charge on any atom is -0.480 e. The maximum atomic E-state index is 11.9. The number of aliphatic carboxylic acids is 1. The summed E-state index contributed by atoms with van der Waals surface area (Å²) < 4.78 is 0. The van der Waals surface area contributed by atoms with E-state index in [4.69, 9.17) is 0 Å². The molecular weight excluding hydrogens is 324 g/mol. The van der Waals surface area contributed by atoms with Crippen molar-refractivity contribution < 1.29 is 9.90 Å². The van der Waals surface area contributed by atoms with E-state index in [0.29, 0.717) is 6.42 Å². The summed E-state index contributed by atoms with van der Waals surface area (Å²) in [6.45, 7) is 2.89. The van der Waals surface area contributed by atoms with Crippen LogP contribution in [0.3, 0.4) is 0 Å². The molecular formula is C22H28N2O2. The van der Waals surface area contributed by atoms with E-state index < -0.39 is 12.0 Å². The molecule has 1 fully saturated rings. The molecule has 0 radical (unpaired) electrons. The van der Waals surface area contributed by atoms with Crippen LogP contribution in [0.15, 0.2) is 48.5 Å². The molecule has 0 aromatic heterocycles. The van der Waals surface area contributed by atoms with Gasteiger partial charge in [-0.2, -0.15) is 0 Å². The van der Waals surface area contributed by atoms with Crippen LogP contribution in [-0.2, 0) is 4.79 Å². The first-order chi connectivity index (χ1) is 12.5. The van der Waals surface area contributed by atoms with Gasteiger partial charge in [0.15, 0.2) is 0 Å². The van der Waals surface area contributed by atoms with Crippen LogP contribution in [0.2, 0.25) is 0 Å². The molecule has 0 bridgehead atoms. The summed E-state index contributed by atoms with van der Waals surface area (Å²) in [6.07, 6.45) is 2.74. The molecule has 138 valence electrons. The van der Waals surface area contributed by atoms with Gasteiger partial charge in [0.2, 0.25) is 0 Å². The van der Waals surface area contributed by atoms with Crippen molar-refractivity contribution in [2.75, 3.05) is 25.5 Å². The van der Waals surface area contributed by atoms with Crippen LogP contribution in [0, 0.1) is 6.92 Å². The van der Waals surface area contributed by atoms with Gasteiger partial charge in [-0.1, -0.05) is 48.4 Å². The molecule has 0 saturated carbocycles. The molecule has 0 amide bonds. The fourth-order valence-corrected chi connectivity index (χ4v) is 3.90. The molecule has 1 saturated heterocycles. The number of nitrogens with zero attached hydrogens (tertiary/aromatic N) is 2. The fourth-order valence-electron chi connectivity index (χ4n) is 3.90. The number of aryl methyl sites for hydroxylation is 1. The summed E-state index contributed by atoms with van der Waals surface area (Å²) in [6, 6.07) is 16.5. The topological polar surface area (TPSA) is 43.8 Å². The highest BCUT2D eigenvalue weighted by molar-refractivity contribution is 5.73. The predicted octanol–water partition coefficient (Wildman–Crippen LogP) is 4.09. The van der Waals surface area contributed by atoms with E-state index in [1.54, 1.807) is 0 Å². The summed E-state index contributed by atoms with van der Waals surface area (Å²) >= 11 is 0. The number of likely N-dealkylation sites (tertiary alicyclic amines) is 1. The van der Waals surface area contributed by atoms with Crippen LogP contribution < -0.4 is 4.90 Å². The second-order valence-corrected chi connectivity index (χ2v) is 7.39. The third kappa shape index (κ3) is 3.91. The van der Waals surface area contributed by atoms with Gasteiger partial charge in [-0.25, -0.2) is 0 Å². The number of hydrogen-bond acceptors (Lipinski definition) is 3. The SMILES string of the molecule is Cc1cccc(C(c2ccc(N(C)C)cc2)N2CCCCC2C(=O)O)c1. The maximum Gasteiger partial charge on any atom is 0.320 e. The number of carbonyl (C=O) groups is 1. The Morgan fingerprint density at radius 2 is 1.85 bits per heavy atom. The molecule has 1 heterocycles. The van der Waals surface area contributed by atoms with Crippen molar-refractivity contribution in [3.8, 4) is 0 Å². The van der Waals surface area contributed by atoms with Gasteiger partial charge in [0.25, 0.3) is 0 Å². The van der Waals surface area contributed by atoms with Gasteiger partial charge in [-0.05, 0) is 49.6 Å². The van der Waals surface area contributed by atoms with Crippen LogP contribution in [-0.4, -0.2) is 42.7 Å². The van der Waals surface area contributed by atoms with Crippen LogP contribution in [0.5, 0.6) is 0 Å². The summed E-state index contributed by atoms with van der Waals surface area (Å²) in [5.41, 5.74) is 4.65. The molecule has 26 heavy (non-hydrogen) atoms. The Morgan fingerprint density at radius 1 is 1.12 bits per heavy atom. The molecule has 2 aromatic rings. The largest absolute Gasteiger partial charge is 0.480 e. The van der Waals surface area contributed by atoms with Crippen LogP contribution in [0.1, 0.15) is 42.0 Å². The second-order valence-electron chi connectivity index (χ2n) is 7.39. The minimum atomic E-state index is -0.715. The zero-order chi connectivity index (χ0) is 18.7. The van der Waals surface area contributed by atoms with Gasteiger partial charge in [-0.15, -0.1) is 0 Å². The normalized spacial score (nSPS) is 19.1. The average Bonchev–Trinajstić information content (AvgIpc) is 2.63. The quantitative estimate of drug-likeness (QED) is 0.880. The van der Waals surface area contributed by atoms with Gasteiger partial charge < -0.3 is 10.0 Å². The number of benzene rings is 2. The predicted molar refractivity (Wildman–Crippen MR) is 106 cm³/mol. The highest BCUT2D eigenvalue weighted by Crippen LogP contribution is 2.35. The maximum absolute atomic E-state index is 11.9. The molecule has 1 aliphatic rings. The molecule has 1 aliphatic heterocycles. The monoisotopic (exact) mass is 352 g/mol. The fraction of sp³-hybridized carbons (Fsp3) is 0.409. The first-order valence-corrected chi connectivity index (χ1v) is 9.30. The summed E-state index contributed by atoms with van der Waals surface area (Å²) in [4.78, 5) is 16.1. The Morgan fingerprint density at radius 3 is 2.46 bits per heavy atom. The summed E-state index contributed by atoms with van der Waals surface area (Å²) in [5.74, 6) is -0.715. The van der Waals surface area contributed by atoms with Crippen molar-refractivity contribution in [3.63, 3.8) is 0 Å². The molecule has 4 nitrogen and oxygen atoms in total. The lowest BCUT2D eigenvalue weighted by Crippen LogP contribution is -2.46. The number of piperidine rings is 1. The van der Waals surface area contributed by atoms with E-state index in [9.17, 15) is 9.90 Å². The third-order valence-corrected chi connectivity index (χ3v) is 5.24. The molecule has 3 rings (SSSR count). The lowest BCUT2D eigenvalue weighted by atomic mass is 9.91. The average molecular weight is 352 g/mol. The Labute approximate surface area is 156 Å². The lowest BCUT2D eigenvalue weighted by molar-refractivity contribution is -0.145. The first kappa shape index (κ1) is 18.5. The molecule has 4 heteroatoms. The van der Waals surface area contributed by atoms with Gasteiger partial charge in [0.1, 0.15) is 6.04 Å². The second kappa shape index (κ2) is 7.92. The first-order valence-electron chi connectivity index (χ1n) is 9.30. The highest BCUT2D eigenvalue weighted by atomic mass is 16.4. The van der Waals surface area contributed by atoms with Crippen LogP contribution in [0.4, 0.5) is 5.69 Å². The summed E-state index contributed by atoms with van der Waals surface area (Å²) in [5, 5.41) is 9.77. The van der Waals surface area contributed by atoms with Gasteiger partial charge in [0, 0.05) is 19.8 Å². The zero-order valence-corrected chi connectivity index (χ0v) is 15.9. The van der Waals surface area contributed by atoms with E-state index >= 15 is 0 Å². The Kier molecular flexibility index (Phi) is 5.62. The molecule has 2 atom stereocenters. The van der Waals surface area contributed by atoms with Crippen molar-refractivity contribution in [2.45, 2.75) is 38.3 Å². The number of carboxylic acids is 1. The molecule has 0 aliphatic carbocycles. The third-order valence-electron chi connectivity index (χ3n) is 5.24. The van der Waals surface area contributed by atoms with Crippen molar-refractivity contribution in [1.82, 2.24) is 4.90 Å². The minimum absolute atomic E-state index is 0.0347.